The zero-order valence-corrected chi connectivity index (χ0v) is 12.2. The minimum Gasteiger partial charge on any atom is -0.297 e. The summed E-state index contributed by atoms with van der Waals surface area (Å²) in [5, 5.41) is 0. The number of benzene rings is 2. The highest BCUT2D eigenvalue weighted by molar-refractivity contribution is 7.97. The van der Waals surface area contributed by atoms with Crippen LogP contribution in [0.2, 0.25) is 0 Å². The smallest absolute Gasteiger partial charge is 0.0684 e. The van der Waals surface area contributed by atoms with E-state index in [-0.39, 0.29) is 5.54 Å². The second-order valence-corrected chi connectivity index (χ2v) is 6.58. The molecule has 2 aromatic rings. The molecule has 1 spiro atoms. The van der Waals surface area contributed by atoms with Crippen LogP contribution in [0.3, 0.4) is 0 Å². The van der Waals surface area contributed by atoms with Crippen molar-refractivity contribution in [1.82, 2.24) is 9.62 Å². The van der Waals surface area contributed by atoms with Gasteiger partial charge >= 0.3 is 0 Å². The van der Waals surface area contributed by atoms with Crippen molar-refractivity contribution in [3.8, 4) is 0 Å². The van der Waals surface area contributed by atoms with Gasteiger partial charge in [0.15, 0.2) is 0 Å². The molecular weight excluding hydrogens is 264 g/mol. The highest BCUT2D eigenvalue weighted by Crippen LogP contribution is 2.44. The zero-order valence-electron chi connectivity index (χ0n) is 11.4. The third kappa shape index (κ3) is 2.06. The fraction of sp³-hybridized carbons (Fsp3) is 0.294. The lowest BCUT2D eigenvalue weighted by Crippen LogP contribution is -2.37. The SMILES string of the molecule is c1ccc(CN2CCC3(C2)NSc2ccccc23)cc1. The topological polar surface area (TPSA) is 15.3 Å². The zero-order chi connectivity index (χ0) is 13.4. The Morgan fingerprint density at radius 3 is 2.75 bits per heavy atom. The number of nitrogens with one attached hydrogen (secondary N) is 1. The van der Waals surface area contributed by atoms with Crippen molar-refractivity contribution < 1.29 is 0 Å². The van der Waals surface area contributed by atoms with E-state index in [1.807, 2.05) is 0 Å². The van der Waals surface area contributed by atoms with Crippen molar-refractivity contribution in [1.29, 1.82) is 0 Å². The normalized spacial score (nSPS) is 25.2. The molecule has 2 aliphatic rings. The molecule has 0 saturated carbocycles. The molecule has 3 heteroatoms. The molecule has 1 unspecified atom stereocenters. The number of likely N-dealkylation sites (tertiary alicyclic amines) is 1. The van der Waals surface area contributed by atoms with Crippen molar-refractivity contribution >= 4 is 11.9 Å². The quantitative estimate of drug-likeness (QED) is 0.850. The molecule has 0 amide bonds. The summed E-state index contributed by atoms with van der Waals surface area (Å²) >= 11 is 1.80. The number of nitrogens with zero attached hydrogens (tertiary/aromatic N) is 1. The monoisotopic (exact) mass is 282 g/mol. The second kappa shape index (κ2) is 4.92. The van der Waals surface area contributed by atoms with Gasteiger partial charge in [-0.3, -0.25) is 4.90 Å². The lowest BCUT2D eigenvalue weighted by molar-refractivity contribution is 0.299. The molecule has 2 heterocycles. The van der Waals surface area contributed by atoms with E-state index in [9.17, 15) is 0 Å². The van der Waals surface area contributed by atoms with E-state index in [1.54, 1.807) is 11.9 Å². The van der Waals surface area contributed by atoms with Gasteiger partial charge in [0.05, 0.1) is 5.54 Å². The number of hydrogen-bond acceptors (Lipinski definition) is 3. The lowest BCUT2D eigenvalue weighted by atomic mass is 9.90. The van der Waals surface area contributed by atoms with Gasteiger partial charge in [-0.15, -0.1) is 0 Å². The fourth-order valence-corrected chi connectivity index (χ4v) is 4.43. The van der Waals surface area contributed by atoms with Gasteiger partial charge in [0, 0.05) is 24.5 Å². The van der Waals surface area contributed by atoms with Crippen LogP contribution in [-0.2, 0) is 12.1 Å². The number of rotatable bonds is 2. The maximum absolute atomic E-state index is 3.69. The van der Waals surface area contributed by atoms with E-state index < -0.39 is 0 Å². The van der Waals surface area contributed by atoms with Crippen LogP contribution in [0.15, 0.2) is 59.5 Å². The Kier molecular flexibility index (Phi) is 3.06. The van der Waals surface area contributed by atoms with Crippen LogP contribution in [0.4, 0.5) is 0 Å². The molecule has 102 valence electrons. The summed E-state index contributed by atoms with van der Waals surface area (Å²) in [5.74, 6) is 0. The molecule has 2 nitrogen and oxygen atoms in total. The van der Waals surface area contributed by atoms with Gasteiger partial charge in [-0.25, -0.2) is 4.72 Å². The standard InChI is InChI=1S/C17H18N2S/c1-2-6-14(7-3-1)12-19-11-10-17(13-19)15-8-4-5-9-16(15)20-18-17/h1-9,18H,10-13H2. The Hall–Kier alpha value is -1.29. The Bertz CT molecular complexity index is 613. The first-order valence-corrected chi connectivity index (χ1v) is 7.97. The van der Waals surface area contributed by atoms with Crippen LogP contribution in [-0.4, -0.2) is 18.0 Å². The molecule has 1 N–H and O–H groups in total. The molecule has 2 aromatic carbocycles. The molecular formula is C17H18N2S. The molecule has 1 saturated heterocycles. The van der Waals surface area contributed by atoms with E-state index in [4.69, 9.17) is 0 Å². The summed E-state index contributed by atoms with van der Waals surface area (Å²) in [7, 11) is 0. The molecule has 20 heavy (non-hydrogen) atoms. The molecule has 1 fully saturated rings. The summed E-state index contributed by atoms with van der Waals surface area (Å²) in [6, 6.07) is 19.6. The van der Waals surface area contributed by atoms with Gasteiger partial charge in [-0.05, 0) is 35.6 Å². The number of fused-ring (bicyclic) bond motifs is 2. The van der Waals surface area contributed by atoms with E-state index >= 15 is 0 Å². The van der Waals surface area contributed by atoms with E-state index in [1.165, 1.54) is 22.4 Å². The first-order chi connectivity index (χ1) is 9.86. The molecule has 0 bridgehead atoms. The van der Waals surface area contributed by atoms with Gasteiger partial charge in [-0.1, -0.05) is 48.5 Å². The van der Waals surface area contributed by atoms with Gasteiger partial charge in [0.2, 0.25) is 0 Å². The van der Waals surface area contributed by atoms with E-state index in [0.717, 1.165) is 19.6 Å². The number of hydrogen-bond donors (Lipinski definition) is 1. The third-order valence-electron chi connectivity index (χ3n) is 4.36. The molecule has 4 rings (SSSR count). The van der Waals surface area contributed by atoms with Gasteiger partial charge in [0.1, 0.15) is 0 Å². The van der Waals surface area contributed by atoms with Crippen molar-refractivity contribution in [2.75, 3.05) is 13.1 Å². The maximum Gasteiger partial charge on any atom is 0.0684 e. The summed E-state index contributed by atoms with van der Waals surface area (Å²) in [6.07, 6.45) is 1.20. The van der Waals surface area contributed by atoms with E-state index in [2.05, 4.69) is 64.2 Å². The molecule has 2 aliphatic heterocycles. The Morgan fingerprint density at radius 1 is 1.05 bits per heavy atom. The van der Waals surface area contributed by atoms with E-state index in [0.29, 0.717) is 0 Å². The predicted molar refractivity (Wildman–Crippen MR) is 83.4 cm³/mol. The third-order valence-corrected chi connectivity index (χ3v) is 5.43. The average Bonchev–Trinajstić information content (AvgIpc) is 3.07. The first kappa shape index (κ1) is 12.5. The van der Waals surface area contributed by atoms with Crippen LogP contribution < -0.4 is 4.72 Å². The average molecular weight is 282 g/mol. The molecule has 0 radical (unpaired) electrons. The summed E-state index contributed by atoms with van der Waals surface area (Å²) < 4.78 is 3.69. The van der Waals surface area contributed by atoms with Crippen LogP contribution >= 0.6 is 11.9 Å². The van der Waals surface area contributed by atoms with Crippen molar-refractivity contribution in [3.05, 3.63) is 65.7 Å². The summed E-state index contributed by atoms with van der Waals surface area (Å²) in [6.45, 7) is 3.32. The summed E-state index contributed by atoms with van der Waals surface area (Å²) in [5.41, 5.74) is 3.06. The van der Waals surface area contributed by atoms with Crippen LogP contribution in [0.5, 0.6) is 0 Å². The van der Waals surface area contributed by atoms with Gasteiger partial charge < -0.3 is 0 Å². The van der Waals surface area contributed by atoms with Gasteiger partial charge in [0.25, 0.3) is 0 Å². The lowest BCUT2D eigenvalue weighted by Gasteiger charge is -2.25. The molecule has 1 atom stereocenters. The Morgan fingerprint density at radius 2 is 1.85 bits per heavy atom. The minimum absolute atomic E-state index is 0.163. The maximum atomic E-state index is 3.69. The largest absolute Gasteiger partial charge is 0.297 e. The highest BCUT2D eigenvalue weighted by Gasteiger charge is 2.44. The van der Waals surface area contributed by atoms with Crippen LogP contribution in [0.1, 0.15) is 17.5 Å². The Balaban J connectivity index is 1.54. The van der Waals surface area contributed by atoms with Crippen molar-refractivity contribution in [3.63, 3.8) is 0 Å². The predicted octanol–water partition coefficient (Wildman–Crippen LogP) is 3.40. The van der Waals surface area contributed by atoms with Crippen LogP contribution in [0, 0.1) is 0 Å². The van der Waals surface area contributed by atoms with Crippen molar-refractivity contribution in [2.24, 2.45) is 0 Å². The summed E-state index contributed by atoms with van der Waals surface area (Å²) in [4.78, 5) is 3.96. The van der Waals surface area contributed by atoms with Gasteiger partial charge in [-0.2, -0.15) is 0 Å². The second-order valence-electron chi connectivity index (χ2n) is 5.73. The van der Waals surface area contributed by atoms with Crippen molar-refractivity contribution in [2.45, 2.75) is 23.4 Å². The van der Waals surface area contributed by atoms with Crippen LogP contribution in [0.25, 0.3) is 0 Å². The Labute approximate surface area is 124 Å². The molecule has 0 aromatic heterocycles. The minimum atomic E-state index is 0.163. The highest BCUT2D eigenvalue weighted by atomic mass is 32.2. The first-order valence-electron chi connectivity index (χ1n) is 7.16. The fourth-order valence-electron chi connectivity index (χ4n) is 3.33. The molecule has 0 aliphatic carbocycles.